The molecule has 1 aliphatic carbocycles. The zero-order valence-electron chi connectivity index (χ0n) is 8.46. The average molecular weight is 178 g/mol. The Kier molecular flexibility index (Phi) is 3.10. The van der Waals surface area contributed by atoms with Crippen LogP contribution in [0.3, 0.4) is 0 Å². The minimum Gasteiger partial charge on any atom is -0.386 e. The fourth-order valence-corrected chi connectivity index (χ4v) is 1.42. The van der Waals surface area contributed by atoms with Crippen LogP contribution in [-0.4, -0.2) is 10.7 Å². The highest BCUT2D eigenvalue weighted by molar-refractivity contribution is 5.17. The SMILES string of the molecule is C=C(C)C=CC1C=C[C@](C)(O)CC1. The van der Waals surface area contributed by atoms with E-state index in [1.54, 1.807) is 0 Å². The van der Waals surface area contributed by atoms with Crippen LogP contribution in [0.15, 0.2) is 36.5 Å². The molecule has 2 atom stereocenters. The van der Waals surface area contributed by atoms with Crippen LogP contribution in [0.4, 0.5) is 0 Å². The maximum atomic E-state index is 9.64. The van der Waals surface area contributed by atoms with E-state index in [9.17, 15) is 5.11 Å². The molecule has 0 bridgehead atoms. The standard InChI is InChI=1S/C12H18O/c1-10(2)4-5-11-6-8-12(3,13)9-7-11/h4-6,8,11,13H,1,7,9H2,2-3H3/t11?,12-/m0/s1. The van der Waals surface area contributed by atoms with E-state index >= 15 is 0 Å². The van der Waals surface area contributed by atoms with Gasteiger partial charge < -0.3 is 5.11 Å². The number of rotatable bonds is 2. The number of hydrogen-bond acceptors (Lipinski definition) is 1. The summed E-state index contributed by atoms with van der Waals surface area (Å²) in [5.41, 5.74) is 0.485. The molecule has 0 heterocycles. The lowest BCUT2D eigenvalue weighted by atomic mass is 9.86. The summed E-state index contributed by atoms with van der Waals surface area (Å²) >= 11 is 0. The molecule has 0 saturated carbocycles. The summed E-state index contributed by atoms with van der Waals surface area (Å²) in [6, 6.07) is 0. The van der Waals surface area contributed by atoms with Crippen LogP contribution in [0.2, 0.25) is 0 Å². The second-order valence-corrected chi connectivity index (χ2v) is 4.12. The summed E-state index contributed by atoms with van der Waals surface area (Å²) in [5.74, 6) is 0.469. The van der Waals surface area contributed by atoms with Crippen molar-refractivity contribution in [3.05, 3.63) is 36.5 Å². The Hall–Kier alpha value is -0.820. The fourth-order valence-electron chi connectivity index (χ4n) is 1.42. The lowest BCUT2D eigenvalue weighted by molar-refractivity contribution is 0.0909. The van der Waals surface area contributed by atoms with Crippen molar-refractivity contribution in [3.8, 4) is 0 Å². The van der Waals surface area contributed by atoms with Crippen molar-refractivity contribution < 1.29 is 5.11 Å². The number of allylic oxidation sites excluding steroid dienone is 4. The van der Waals surface area contributed by atoms with Gasteiger partial charge in [-0.3, -0.25) is 0 Å². The topological polar surface area (TPSA) is 20.2 Å². The second-order valence-electron chi connectivity index (χ2n) is 4.12. The van der Waals surface area contributed by atoms with Gasteiger partial charge >= 0.3 is 0 Å². The average Bonchev–Trinajstić information content (AvgIpc) is 2.02. The van der Waals surface area contributed by atoms with E-state index in [4.69, 9.17) is 0 Å². The van der Waals surface area contributed by atoms with Gasteiger partial charge in [-0.25, -0.2) is 0 Å². The van der Waals surface area contributed by atoms with Gasteiger partial charge in [0, 0.05) is 0 Å². The summed E-state index contributed by atoms with van der Waals surface area (Å²) < 4.78 is 0. The van der Waals surface area contributed by atoms with Crippen LogP contribution in [0.25, 0.3) is 0 Å². The van der Waals surface area contributed by atoms with Crippen molar-refractivity contribution in [2.45, 2.75) is 32.3 Å². The third kappa shape index (κ3) is 3.60. The lowest BCUT2D eigenvalue weighted by Gasteiger charge is -2.25. The zero-order valence-corrected chi connectivity index (χ0v) is 8.46. The summed E-state index contributed by atoms with van der Waals surface area (Å²) in [6.07, 6.45) is 10.0. The normalized spacial score (nSPS) is 33.9. The van der Waals surface area contributed by atoms with Gasteiger partial charge in [0.15, 0.2) is 0 Å². The molecule has 0 radical (unpaired) electrons. The molecule has 0 saturated heterocycles. The highest BCUT2D eigenvalue weighted by Crippen LogP contribution is 2.26. The first kappa shape index (κ1) is 10.3. The van der Waals surface area contributed by atoms with Crippen LogP contribution in [0.5, 0.6) is 0 Å². The van der Waals surface area contributed by atoms with E-state index in [0.29, 0.717) is 5.92 Å². The summed E-state index contributed by atoms with van der Waals surface area (Å²) in [4.78, 5) is 0. The Bertz CT molecular complexity index is 246. The molecule has 0 aromatic heterocycles. The van der Waals surface area contributed by atoms with E-state index in [-0.39, 0.29) is 0 Å². The van der Waals surface area contributed by atoms with Gasteiger partial charge in [-0.05, 0) is 32.6 Å². The molecule has 0 aromatic rings. The van der Waals surface area contributed by atoms with Crippen molar-refractivity contribution in [1.82, 2.24) is 0 Å². The molecule has 1 rings (SSSR count). The number of aliphatic hydroxyl groups is 1. The molecule has 1 aliphatic rings. The van der Waals surface area contributed by atoms with Gasteiger partial charge in [0.1, 0.15) is 0 Å². The van der Waals surface area contributed by atoms with Crippen molar-refractivity contribution in [1.29, 1.82) is 0 Å². The van der Waals surface area contributed by atoms with Crippen LogP contribution in [0, 0.1) is 5.92 Å². The second kappa shape index (κ2) is 3.93. The Balaban J connectivity index is 2.54. The molecule has 0 aromatic carbocycles. The van der Waals surface area contributed by atoms with E-state index in [1.165, 1.54) is 0 Å². The largest absolute Gasteiger partial charge is 0.386 e. The first-order valence-corrected chi connectivity index (χ1v) is 4.75. The van der Waals surface area contributed by atoms with Gasteiger partial charge in [-0.2, -0.15) is 0 Å². The molecule has 0 fully saturated rings. The van der Waals surface area contributed by atoms with Gasteiger partial charge in [0.25, 0.3) is 0 Å². The van der Waals surface area contributed by atoms with Crippen LogP contribution in [0.1, 0.15) is 26.7 Å². The quantitative estimate of drug-likeness (QED) is 0.509. The third-order valence-corrected chi connectivity index (χ3v) is 2.31. The third-order valence-electron chi connectivity index (χ3n) is 2.31. The lowest BCUT2D eigenvalue weighted by Crippen LogP contribution is -2.24. The predicted molar refractivity (Wildman–Crippen MR) is 56.4 cm³/mol. The van der Waals surface area contributed by atoms with Crippen molar-refractivity contribution in [3.63, 3.8) is 0 Å². The molecule has 0 amide bonds. The van der Waals surface area contributed by atoms with Gasteiger partial charge in [0.2, 0.25) is 0 Å². The van der Waals surface area contributed by atoms with Crippen molar-refractivity contribution in [2.75, 3.05) is 0 Å². The molecule has 72 valence electrons. The molecule has 1 heteroatoms. The van der Waals surface area contributed by atoms with Crippen molar-refractivity contribution >= 4 is 0 Å². The molecule has 0 aliphatic heterocycles. The fraction of sp³-hybridized carbons (Fsp3) is 0.500. The zero-order chi connectivity index (χ0) is 9.90. The van der Waals surface area contributed by atoms with E-state index in [1.807, 2.05) is 26.0 Å². The van der Waals surface area contributed by atoms with Crippen LogP contribution in [-0.2, 0) is 0 Å². The Morgan fingerprint density at radius 3 is 2.85 bits per heavy atom. The van der Waals surface area contributed by atoms with Crippen LogP contribution < -0.4 is 0 Å². The highest BCUT2D eigenvalue weighted by Gasteiger charge is 2.21. The smallest absolute Gasteiger partial charge is 0.0800 e. The molecule has 1 N–H and O–H groups in total. The minimum absolute atomic E-state index is 0.469. The molecule has 13 heavy (non-hydrogen) atoms. The molecule has 1 unspecified atom stereocenters. The first-order chi connectivity index (χ1) is 5.99. The van der Waals surface area contributed by atoms with E-state index in [2.05, 4.69) is 18.7 Å². The predicted octanol–water partition coefficient (Wildman–Crippen LogP) is 2.84. The number of hydrogen-bond donors (Lipinski definition) is 1. The van der Waals surface area contributed by atoms with E-state index in [0.717, 1.165) is 18.4 Å². The minimum atomic E-state index is -0.590. The Morgan fingerprint density at radius 1 is 1.69 bits per heavy atom. The maximum absolute atomic E-state index is 9.64. The highest BCUT2D eigenvalue weighted by atomic mass is 16.3. The van der Waals surface area contributed by atoms with Gasteiger partial charge in [-0.15, -0.1) is 0 Å². The summed E-state index contributed by atoms with van der Waals surface area (Å²) in [7, 11) is 0. The summed E-state index contributed by atoms with van der Waals surface area (Å²) in [5, 5.41) is 9.64. The maximum Gasteiger partial charge on any atom is 0.0800 e. The molecular formula is C12H18O. The Morgan fingerprint density at radius 2 is 2.38 bits per heavy atom. The Labute approximate surface area is 80.5 Å². The summed E-state index contributed by atoms with van der Waals surface area (Å²) in [6.45, 7) is 7.64. The molecular weight excluding hydrogens is 160 g/mol. The van der Waals surface area contributed by atoms with Crippen LogP contribution >= 0.6 is 0 Å². The van der Waals surface area contributed by atoms with Crippen molar-refractivity contribution in [2.24, 2.45) is 5.92 Å². The van der Waals surface area contributed by atoms with Gasteiger partial charge in [0.05, 0.1) is 5.60 Å². The first-order valence-electron chi connectivity index (χ1n) is 4.75. The van der Waals surface area contributed by atoms with E-state index < -0.39 is 5.60 Å². The monoisotopic (exact) mass is 178 g/mol. The van der Waals surface area contributed by atoms with Gasteiger partial charge in [-0.1, -0.05) is 36.5 Å². The molecule has 1 nitrogen and oxygen atoms in total. The molecule has 0 spiro atoms.